The van der Waals surface area contributed by atoms with E-state index >= 15 is 0 Å². The van der Waals surface area contributed by atoms with Crippen molar-refractivity contribution in [3.8, 4) is 5.75 Å². The predicted octanol–water partition coefficient (Wildman–Crippen LogP) is 5.47. The fraction of sp³-hybridized carbons (Fsp3) is 0.257. The van der Waals surface area contributed by atoms with Gasteiger partial charge in [0, 0.05) is 5.92 Å². The molecule has 4 amide bonds. The molecule has 2 heterocycles. The molecule has 1 saturated carbocycles. The Labute approximate surface area is 243 Å². The molecule has 2 saturated heterocycles. The first kappa shape index (κ1) is 26.1. The summed E-state index contributed by atoms with van der Waals surface area (Å²) in [6.07, 6.45) is 4.37. The van der Waals surface area contributed by atoms with E-state index < -0.39 is 35.0 Å². The normalized spacial score (nSPS) is 30.1. The van der Waals surface area contributed by atoms with Gasteiger partial charge in [0.2, 0.25) is 23.6 Å². The number of amides is 4. The van der Waals surface area contributed by atoms with Gasteiger partial charge in [0.15, 0.2) is 0 Å². The highest BCUT2D eigenvalue weighted by atomic mass is 16.3. The van der Waals surface area contributed by atoms with Crippen LogP contribution in [0.5, 0.6) is 5.75 Å². The third-order valence-corrected chi connectivity index (χ3v) is 9.88. The Morgan fingerprint density at radius 3 is 2.24 bits per heavy atom. The largest absolute Gasteiger partial charge is 0.508 e. The average Bonchev–Trinajstić information content (AvgIpc) is 3.37. The first-order valence-electron chi connectivity index (χ1n) is 14.3. The van der Waals surface area contributed by atoms with E-state index in [2.05, 4.69) is 6.58 Å². The molecule has 0 radical (unpaired) electrons. The third kappa shape index (κ3) is 3.52. The molecule has 0 spiro atoms. The SMILES string of the molecule is C=Cc1ccc(N2C(=O)C3CC=C4C(CC5C(=O)N(c6ccccc6)C(=O)C5(C)C4c4cccc(O)c4)C3C2=O)cc1. The summed E-state index contributed by atoms with van der Waals surface area (Å²) in [6, 6.07) is 22.9. The van der Waals surface area contributed by atoms with Gasteiger partial charge in [-0.3, -0.25) is 24.1 Å². The Kier molecular flexibility index (Phi) is 5.84. The van der Waals surface area contributed by atoms with Crippen molar-refractivity contribution in [1.29, 1.82) is 0 Å². The molecule has 42 heavy (non-hydrogen) atoms. The molecule has 1 N–H and O–H groups in total. The van der Waals surface area contributed by atoms with Crippen LogP contribution < -0.4 is 9.80 Å². The van der Waals surface area contributed by atoms with Crippen LogP contribution in [0.15, 0.2) is 97.1 Å². The Morgan fingerprint density at radius 1 is 0.833 bits per heavy atom. The number of carbonyl (C=O) groups is 4. The molecular weight excluding hydrogens is 528 g/mol. The molecule has 3 aromatic carbocycles. The number of fused-ring (bicyclic) bond motifs is 4. The number of para-hydroxylation sites is 1. The van der Waals surface area contributed by atoms with E-state index in [0.717, 1.165) is 11.1 Å². The van der Waals surface area contributed by atoms with E-state index in [1.54, 1.807) is 60.7 Å². The highest BCUT2D eigenvalue weighted by molar-refractivity contribution is 6.25. The quantitative estimate of drug-likeness (QED) is 0.339. The zero-order chi connectivity index (χ0) is 29.3. The number of imide groups is 2. The zero-order valence-corrected chi connectivity index (χ0v) is 23.1. The van der Waals surface area contributed by atoms with Crippen molar-refractivity contribution in [1.82, 2.24) is 0 Å². The minimum atomic E-state index is -1.14. The smallest absolute Gasteiger partial charge is 0.241 e. The summed E-state index contributed by atoms with van der Waals surface area (Å²) in [5, 5.41) is 10.4. The van der Waals surface area contributed by atoms with Crippen LogP contribution in [-0.2, 0) is 19.2 Å². The number of nitrogens with zero attached hydrogens (tertiary/aromatic N) is 2. The van der Waals surface area contributed by atoms with Crippen LogP contribution in [0.2, 0.25) is 0 Å². The van der Waals surface area contributed by atoms with Crippen molar-refractivity contribution in [2.75, 3.05) is 9.80 Å². The van der Waals surface area contributed by atoms with E-state index in [1.165, 1.54) is 9.80 Å². The number of carbonyl (C=O) groups excluding carboxylic acids is 4. The lowest BCUT2D eigenvalue weighted by Crippen LogP contribution is -2.48. The highest BCUT2D eigenvalue weighted by Crippen LogP contribution is 2.63. The van der Waals surface area contributed by atoms with Crippen LogP contribution in [0.3, 0.4) is 0 Å². The van der Waals surface area contributed by atoms with E-state index in [1.807, 2.05) is 37.3 Å². The summed E-state index contributed by atoms with van der Waals surface area (Å²) in [7, 11) is 0. The Morgan fingerprint density at radius 2 is 1.55 bits per heavy atom. The van der Waals surface area contributed by atoms with Crippen molar-refractivity contribution < 1.29 is 24.3 Å². The van der Waals surface area contributed by atoms with Crippen LogP contribution in [0.25, 0.3) is 6.08 Å². The number of rotatable bonds is 4. The van der Waals surface area contributed by atoms with Gasteiger partial charge >= 0.3 is 0 Å². The van der Waals surface area contributed by atoms with Crippen LogP contribution in [0.4, 0.5) is 11.4 Å². The second-order valence-electron chi connectivity index (χ2n) is 11.9. The number of benzene rings is 3. The number of phenolic OH excluding ortho intramolecular Hbond substituents is 1. The molecule has 0 aromatic heterocycles. The lowest BCUT2D eigenvalue weighted by atomic mass is 9.51. The molecule has 6 unspecified atom stereocenters. The van der Waals surface area contributed by atoms with Crippen LogP contribution in [-0.4, -0.2) is 28.7 Å². The van der Waals surface area contributed by atoms with Crippen LogP contribution in [0, 0.1) is 29.1 Å². The molecule has 2 aliphatic carbocycles. The average molecular weight is 559 g/mol. The van der Waals surface area contributed by atoms with Gasteiger partial charge in [-0.05, 0) is 73.2 Å². The molecule has 3 aromatic rings. The molecule has 7 rings (SSSR count). The van der Waals surface area contributed by atoms with Crippen molar-refractivity contribution in [2.45, 2.75) is 25.7 Å². The summed E-state index contributed by atoms with van der Waals surface area (Å²) >= 11 is 0. The number of aromatic hydroxyl groups is 1. The second-order valence-corrected chi connectivity index (χ2v) is 11.9. The first-order chi connectivity index (χ1) is 20.3. The summed E-state index contributed by atoms with van der Waals surface area (Å²) in [5.41, 5.74) is 2.37. The monoisotopic (exact) mass is 558 g/mol. The fourth-order valence-electron chi connectivity index (χ4n) is 7.94. The van der Waals surface area contributed by atoms with Gasteiger partial charge in [0.05, 0.1) is 34.5 Å². The molecule has 210 valence electrons. The predicted molar refractivity (Wildman–Crippen MR) is 158 cm³/mol. The third-order valence-electron chi connectivity index (χ3n) is 9.88. The maximum absolute atomic E-state index is 14.3. The van der Waals surface area contributed by atoms with E-state index in [0.29, 0.717) is 23.4 Å². The molecule has 0 bridgehead atoms. The fourth-order valence-corrected chi connectivity index (χ4v) is 7.94. The summed E-state index contributed by atoms with van der Waals surface area (Å²) in [5.74, 6) is -3.91. The van der Waals surface area contributed by atoms with Gasteiger partial charge in [-0.1, -0.05) is 66.8 Å². The van der Waals surface area contributed by atoms with Gasteiger partial charge < -0.3 is 5.11 Å². The Bertz CT molecular complexity index is 1690. The molecule has 4 aliphatic rings. The number of anilines is 2. The molecule has 6 atom stereocenters. The molecule has 7 nitrogen and oxygen atoms in total. The van der Waals surface area contributed by atoms with Crippen LogP contribution >= 0.6 is 0 Å². The Balaban J connectivity index is 1.35. The summed E-state index contributed by atoms with van der Waals surface area (Å²) in [4.78, 5) is 58.9. The Hall–Kier alpha value is -4.78. The van der Waals surface area contributed by atoms with Crippen LogP contribution in [0.1, 0.15) is 36.8 Å². The lowest BCUT2D eigenvalue weighted by Gasteiger charge is -2.49. The first-order valence-corrected chi connectivity index (χ1v) is 14.3. The van der Waals surface area contributed by atoms with E-state index in [-0.39, 0.29) is 35.8 Å². The minimum absolute atomic E-state index is 0.0574. The minimum Gasteiger partial charge on any atom is -0.508 e. The molecular formula is C35H30N2O5. The maximum atomic E-state index is 14.3. The summed E-state index contributed by atoms with van der Waals surface area (Å²) < 4.78 is 0. The standard InChI is InChI=1S/C35H30N2O5/c1-3-20-12-14-23(15-13-20)36-31(39)26-17-16-25-27(29(26)33(36)41)19-28-32(40)37(22-9-5-4-6-10-22)34(42)35(28,2)30(25)21-8-7-11-24(38)18-21/h3-16,18,26-30,38H,1,17,19H2,2H3. The van der Waals surface area contributed by atoms with E-state index in [4.69, 9.17) is 0 Å². The van der Waals surface area contributed by atoms with Crippen molar-refractivity contribution in [3.63, 3.8) is 0 Å². The molecule has 7 heteroatoms. The lowest BCUT2D eigenvalue weighted by molar-refractivity contribution is -0.131. The topological polar surface area (TPSA) is 95.0 Å². The zero-order valence-electron chi connectivity index (χ0n) is 23.1. The van der Waals surface area contributed by atoms with Crippen molar-refractivity contribution >= 4 is 41.1 Å². The van der Waals surface area contributed by atoms with E-state index in [9.17, 15) is 24.3 Å². The molecule has 3 fully saturated rings. The highest BCUT2D eigenvalue weighted by Gasteiger charge is 2.67. The van der Waals surface area contributed by atoms with Gasteiger partial charge in [-0.15, -0.1) is 0 Å². The van der Waals surface area contributed by atoms with Crippen molar-refractivity contribution in [2.24, 2.45) is 29.1 Å². The second kappa shape index (κ2) is 9.38. The number of phenols is 1. The number of hydrogen-bond acceptors (Lipinski definition) is 5. The van der Waals surface area contributed by atoms with Gasteiger partial charge in [0.1, 0.15) is 5.75 Å². The molecule has 2 aliphatic heterocycles. The van der Waals surface area contributed by atoms with Gasteiger partial charge in [-0.2, -0.15) is 0 Å². The maximum Gasteiger partial charge on any atom is 0.241 e. The van der Waals surface area contributed by atoms with Gasteiger partial charge in [0.25, 0.3) is 0 Å². The number of hydrogen-bond donors (Lipinski definition) is 1. The number of allylic oxidation sites excluding steroid dienone is 2. The van der Waals surface area contributed by atoms with Crippen molar-refractivity contribution in [3.05, 3.63) is 108 Å². The van der Waals surface area contributed by atoms with Gasteiger partial charge in [-0.25, -0.2) is 4.90 Å². The summed E-state index contributed by atoms with van der Waals surface area (Å²) in [6.45, 7) is 5.61.